The zero-order valence-corrected chi connectivity index (χ0v) is 27.3. The van der Waals surface area contributed by atoms with E-state index in [1.54, 1.807) is 18.2 Å². The van der Waals surface area contributed by atoms with E-state index in [0.717, 1.165) is 35.1 Å². The minimum Gasteiger partial charge on any atom is -1.00 e. The van der Waals surface area contributed by atoms with Gasteiger partial charge in [-0.15, -0.1) is 0 Å². The first-order valence-corrected chi connectivity index (χ1v) is 12.6. The van der Waals surface area contributed by atoms with Gasteiger partial charge in [0.05, 0.1) is 18.2 Å². The molecule has 39 heavy (non-hydrogen) atoms. The van der Waals surface area contributed by atoms with E-state index in [1.807, 2.05) is 91.0 Å². The molecule has 1 saturated heterocycles. The van der Waals surface area contributed by atoms with Crippen molar-refractivity contribution in [3.05, 3.63) is 126 Å². The second kappa shape index (κ2) is 16.5. The smallest absolute Gasteiger partial charge is 1.00 e. The van der Waals surface area contributed by atoms with Gasteiger partial charge >= 0.3 is 74.4 Å². The molecule has 4 aromatic carbocycles. The number of unbranched alkanes of at least 4 members (excludes halogenated alkanes) is 1. The molecular weight excluding hydrogens is 527 g/mol. The fourth-order valence-corrected chi connectivity index (χ4v) is 4.49. The number of carboxylic acid groups (broad SMARTS) is 1. The first kappa shape index (κ1) is 33.5. The van der Waals surface area contributed by atoms with Gasteiger partial charge < -0.3 is 25.5 Å². The summed E-state index contributed by atoms with van der Waals surface area (Å²) >= 11 is 0. The molecular formula is C31H30BKMgO5. The number of rotatable bonds is 8. The molecule has 1 aliphatic rings. The number of aromatic carboxylic acids is 1. The van der Waals surface area contributed by atoms with Crippen LogP contribution in [0.2, 0.25) is 0 Å². The van der Waals surface area contributed by atoms with Crippen LogP contribution in [0.25, 0.3) is 11.1 Å². The quantitative estimate of drug-likeness (QED) is 0.241. The Morgan fingerprint density at radius 1 is 0.872 bits per heavy atom. The second-order valence-electron chi connectivity index (χ2n) is 8.94. The molecule has 1 heterocycles. The molecule has 5 nitrogen and oxygen atoms in total. The van der Waals surface area contributed by atoms with Gasteiger partial charge in [0.15, 0.2) is 7.48 Å². The Balaban J connectivity index is 0.000000375. The Kier molecular flexibility index (Phi) is 14.2. The molecule has 0 spiro atoms. The molecule has 0 aliphatic carbocycles. The number of carbonyl (C=O) groups is 2. The van der Waals surface area contributed by atoms with Crippen molar-refractivity contribution >= 4 is 42.2 Å². The molecule has 1 aliphatic heterocycles. The van der Waals surface area contributed by atoms with Crippen LogP contribution >= 0.6 is 0 Å². The first-order valence-electron chi connectivity index (χ1n) is 12.6. The molecule has 190 valence electrons. The summed E-state index contributed by atoms with van der Waals surface area (Å²) in [4.78, 5) is 23.2. The van der Waals surface area contributed by atoms with Crippen LogP contribution in [0.1, 0.15) is 42.7 Å². The van der Waals surface area contributed by atoms with E-state index in [1.165, 1.54) is 0 Å². The topological polar surface area (TPSA) is 75.7 Å². The number of carboxylic acids is 1. The van der Waals surface area contributed by atoms with Crippen LogP contribution in [0.15, 0.2) is 109 Å². The number of hydrogen-bond donors (Lipinski definition) is 0. The third kappa shape index (κ3) is 8.14. The van der Waals surface area contributed by atoms with Gasteiger partial charge in [-0.25, -0.2) is 0 Å². The average molecular weight is 557 g/mol. The predicted octanol–water partition coefficient (Wildman–Crippen LogP) is 1.20. The van der Waals surface area contributed by atoms with Crippen LogP contribution in [0.3, 0.4) is 0 Å². The Hall–Kier alpha value is -1.75. The summed E-state index contributed by atoms with van der Waals surface area (Å²) in [6.45, 7) is 2.57. The third-order valence-electron chi connectivity index (χ3n) is 6.51. The van der Waals surface area contributed by atoms with Crippen molar-refractivity contribution in [2.75, 3.05) is 6.61 Å². The maximum absolute atomic E-state index is 12.1. The molecule has 0 amide bonds. The van der Waals surface area contributed by atoms with Crippen LogP contribution in [0.4, 0.5) is 0 Å². The van der Waals surface area contributed by atoms with Crippen LogP contribution < -0.4 is 61.2 Å². The minimum absolute atomic E-state index is 0. The monoisotopic (exact) mass is 556 g/mol. The summed E-state index contributed by atoms with van der Waals surface area (Å²) in [6.07, 6.45) is 1.89. The first-order chi connectivity index (χ1) is 18.1. The summed E-state index contributed by atoms with van der Waals surface area (Å²) in [7, 11) is -0.881. The third-order valence-corrected chi connectivity index (χ3v) is 6.51. The van der Waals surface area contributed by atoms with E-state index in [-0.39, 0.29) is 87.1 Å². The van der Waals surface area contributed by atoms with Gasteiger partial charge in [0.1, 0.15) is 5.75 Å². The summed E-state index contributed by atoms with van der Waals surface area (Å²) in [5, 5.41) is 11.1. The second-order valence-corrected chi connectivity index (χ2v) is 8.94. The Bertz CT molecular complexity index is 1300. The maximum atomic E-state index is 12.1. The molecule has 0 saturated carbocycles. The molecule has 0 atom stereocenters. The van der Waals surface area contributed by atoms with Gasteiger partial charge in [-0.1, -0.05) is 110 Å². The van der Waals surface area contributed by atoms with E-state index < -0.39 is 19.1 Å². The van der Waals surface area contributed by atoms with Crippen LogP contribution in [0.5, 0.6) is 5.75 Å². The van der Waals surface area contributed by atoms with Crippen molar-refractivity contribution in [1.29, 1.82) is 0 Å². The maximum Gasteiger partial charge on any atom is 2.00 e. The van der Waals surface area contributed by atoms with Crippen molar-refractivity contribution < 1.29 is 76.9 Å². The number of carbonyl (C=O) groups excluding carboxylic acids is 2. The van der Waals surface area contributed by atoms with Gasteiger partial charge in [-0.3, -0.25) is 0 Å². The number of ether oxygens (including phenoxy) is 1. The fourth-order valence-electron chi connectivity index (χ4n) is 4.49. The van der Waals surface area contributed by atoms with Gasteiger partial charge in [0.2, 0.25) is 0 Å². The fraction of sp³-hybridized carbons (Fsp3) is 0.161. The SMILES string of the molecule is CCCCOc1cc(-c2ccccc2)ccc1C(=O)[O-].O=C1[BH2-]OC1(c1ccccc1)c1ccccc1.[H-].[K+].[Mg+2]. The molecule has 0 N–H and O–H groups in total. The van der Waals surface area contributed by atoms with Crippen molar-refractivity contribution in [2.24, 2.45) is 0 Å². The van der Waals surface area contributed by atoms with Crippen molar-refractivity contribution in [3.8, 4) is 16.9 Å². The van der Waals surface area contributed by atoms with E-state index in [2.05, 4.69) is 6.92 Å². The van der Waals surface area contributed by atoms with Crippen LogP contribution in [-0.2, 0) is 15.0 Å². The van der Waals surface area contributed by atoms with Crippen molar-refractivity contribution in [1.82, 2.24) is 0 Å². The number of hydrogen-bond acceptors (Lipinski definition) is 5. The number of benzene rings is 4. The molecule has 0 aromatic heterocycles. The van der Waals surface area contributed by atoms with Gasteiger partial charge in [-0.2, -0.15) is 0 Å². The van der Waals surface area contributed by atoms with Crippen LogP contribution in [-0.4, -0.2) is 48.8 Å². The van der Waals surface area contributed by atoms with Gasteiger partial charge in [-0.05, 0) is 40.8 Å². The Morgan fingerprint density at radius 2 is 1.41 bits per heavy atom. The van der Waals surface area contributed by atoms with Crippen molar-refractivity contribution in [2.45, 2.75) is 25.4 Å². The normalized spacial score (nSPS) is 12.9. The summed E-state index contributed by atoms with van der Waals surface area (Å²) in [5.74, 6) is -0.837. The van der Waals surface area contributed by atoms with Crippen molar-refractivity contribution in [3.63, 3.8) is 0 Å². The van der Waals surface area contributed by atoms with E-state index in [0.29, 0.717) is 12.4 Å². The van der Waals surface area contributed by atoms with E-state index >= 15 is 0 Å². The molecule has 1 fully saturated rings. The zero-order chi connectivity index (χ0) is 26.1. The molecule has 8 heteroatoms. The summed E-state index contributed by atoms with van der Waals surface area (Å²) in [6, 6.07) is 34.3. The zero-order valence-electron chi connectivity index (χ0n) is 23.8. The van der Waals surface area contributed by atoms with E-state index in [4.69, 9.17) is 9.39 Å². The summed E-state index contributed by atoms with van der Waals surface area (Å²) in [5.41, 5.74) is 3.36. The molecule has 5 rings (SSSR count). The summed E-state index contributed by atoms with van der Waals surface area (Å²) < 4.78 is 11.4. The van der Waals surface area contributed by atoms with Crippen LogP contribution in [0, 0.1) is 0 Å². The predicted molar refractivity (Wildman–Crippen MR) is 152 cm³/mol. The molecule has 4 aromatic rings. The molecule has 0 bridgehead atoms. The van der Waals surface area contributed by atoms with Gasteiger partial charge in [0, 0.05) is 11.2 Å². The minimum atomic E-state index is -1.21. The largest absolute Gasteiger partial charge is 2.00 e. The average Bonchev–Trinajstić information content (AvgIpc) is 2.94. The van der Waals surface area contributed by atoms with E-state index in [9.17, 15) is 14.7 Å². The Morgan fingerprint density at radius 3 is 1.85 bits per heavy atom. The standard InChI is InChI=1S/C17H18O3.C14H12BO2.K.Mg.H/c1-2-3-11-20-16-12-14(9-10-15(16)17(18)19)13-7-5-4-6-8-13;16-13-14(17-15-13,11-7-3-1-4-8-11)12-9-5-2-6-10-12;;;/h4-10,12H,2-3,11H2,1H3,(H,18,19);1-10H,15H2;;;/q;-1;+1;+2;-1/p-1. The molecule has 0 radical (unpaired) electrons. The Labute approximate surface area is 290 Å². The molecule has 0 unspecified atom stereocenters. The van der Waals surface area contributed by atoms with Gasteiger partial charge in [0.25, 0.3) is 0 Å².